The number of ether oxygens (including phenoxy) is 1. The van der Waals surface area contributed by atoms with Crippen LogP contribution >= 0.6 is 0 Å². The number of rotatable bonds is 8. The van der Waals surface area contributed by atoms with Crippen molar-refractivity contribution in [3.05, 3.63) is 0 Å². The van der Waals surface area contributed by atoms with Crippen LogP contribution in [0.5, 0.6) is 6.01 Å². The van der Waals surface area contributed by atoms with Crippen LogP contribution in [0.25, 0.3) is 0 Å². The third kappa shape index (κ3) is 4.20. The van der Waals surface area contributed by atoms with Gasteiger partial charge in [0.2, 0.25) is 11.9 Å². The standard InChI is InChI=1S/C12H21N5O2/c1-3-6-13-10-15-11(17-12(16-10)19-2)14-7-9(18)8-4-5-8/h8-9,18H,3-7H2,1-2H3,(H2,13,14,15,16,17). The van der Waals surface area contributed by atoms with Crippen LogP contribution in [0.15, 0.2) is 0 Å². The molecule has 1 aliphatic carbocycles. The minimum Gasteiger partial charge on any atom is -0.467 e. The second-order valence-corrected chi connectivity index (χ2v) is 4.68. The molecule has 0 radical (unpaired) electrons. The lowest BCUT2D eigenvalue weighted by atomic mass is 10.2. The molecule has 0 aliphatic heterocycles. The summed E-state index contributed by atoms with van der Waals surface area (Å²) < 4.78 is 5.04. The maximum absolute atomic E-state index is 9.81. The third-order valence-corrected chi connectivity index (χ3v) is 2.97. The number of aromatic nitrogens is 3. The number of hydrogen-bond donors (Lipinski definition) is 3. The fraction of sp³-hybridized carbons (Fsp3) is 0.750. The number of methoxy groups -OCH3 is 1. The molecule has 3 N–H and O–H groups in total. The van der Waals surface area contributed by atoms with Gasteiger partial charge in [-0.2, -0.15) is 15.0 Å². The number of nitrogens with zero attached hydrogens (tertiary/aromatic N) is 3. The summed E-state index contributed by atoms with van der Waals surface area (Å²) >= 11 is 0. The van der Waals surface area contributed by atoms with E-state index in [0.717, 1.165) is 25.8 Å². The van der Waals surface area contributed by atoms with Crippen LogP contribution in [0, 0.1) is 5.92 Å². The zero-order valence-corrected chi connectivity index (χ0v) is 11.4. The Morgan fingerprint density at radius 2 is 1.95 bits per heavy atom. The molecule has 1 unspecified atom stereocenters. The van der Waals surface area contributed by atoms with Gasteiger partial charge in [-0.3, -0.25) is 0 Å². The van der Waals surface area contributed by atoms with Crippen LogP contribution in [0.1, 0.15) is 26.2 Å². The van der Waals surface area contributed by atoms with Gasteiger partial charge in [0.1, 0.15) is 0 Å². The zero-order chi connectivity index (χ0) is 13.7. The molecule has 0 bridgehead atoms. The quantitative estimate of drug-likeness (QED) is 0.644. The molecule has 1 fully saturated rings. The van der Waals surface area contributed by atoms with Gasteiger partial charge in [-0.05, 0) is 25.2 Å². The monoisotopic (exact) mass is 267 g/mol. The summed E-state index contributed by atoms with van der Waals surface area (Å²) in [4.78, 5) is 12.4. The molecule has 1 atom stereocenters. The van der Waals surface area contributed by atoms with Crippen molar-refractivity contribution in [3.8, 4) is 6.01 Å². The number of aliphatic hydroxyl groups is 1. The van der Waals surface area contributed by atoms with Gasteiger partial charge in [0, 0.05) is 13.1 Å². The summed E-state index contributed by atoms with van der Waals surface area (Å²) in [6.07, 6.45) is 2.85. The highest BCUT2D eigenvalue weighted by atomic mass is 16.5. The Kier molecular flexibility index (Phi) is 4.73. The van der Waals surface area contributed by atoms with E-state index in [1.807, 2.05) is 0 Å². The fourth-order valence-corrected chi connectivity index (χ4v) is 1.69. The molecule has 1 aromatic rings. The Morgan fingerprint density at radius 3 is 2.53 bits per heavy atom. The van der Waals surface area contributed by atoms with Crippen molar-refractivity contribution >= 4 is 11.9 Å². The molecule has 1 heterocycles. The molecule has 0 aromatic carbocycles. The van der Waals surface area contributed by atoms with E-state index in [9.17, 15) is 5.11 Å². The lowest BCUT2D eigenvalue weighted by molar-refractivity contribution is 0.164. The molecule has 106 valence electrons. The summed E-state index contributed by atoms with van der Waals surface area (Å²) in [6, 6.07) is 0.261. The molecule has 1 aromatic heterocycles. The van der Waals surface area contributed by atoms with Crippen molar-refractivity contribution in [1.29, 1.82) is 0 Å². The Labute approximate surface area is 112 Å². The van der Waals surface area contributed by atoms with Crippen LogP contribution in [-0.2, 0) is 0 Å². The summed E-state index contributed by atoms with van der Waals surface area (Å²) in [7, 11) is 1.52. The van der Waals surface area contributed by atoms with E-state index in [1.165, 1.54) is 7.11 Å². The number of anilines is 2. The summed E-state index contributed by atoms with van der Waals surface area (Å²) in [5, 5.41) is 15.9. The topological polar surface area (TPSA) is 92.2 Å². The lowest BCUT2D eigenvalue weighted by Gasteiger charge is -2.12. The van der Waals surface area contributed by atoms with Crippen molar-refractivity contribution in [2.24, 2.45) is 5.92 Å². The number of aliphatic hydroxyl groups excluding tert-OH is 1. The van der Waals surface area contributed by atoms with Crippen LogP contribution in [0.3, 0.4) is 0 Å². The molecular weight excluding hydrogens is 246 g/mol. The lowest BCUT2D eigenvalue weighted by Crippen LogP contribution is -2.22. The van der Waals surface area contributed by atoms with Crippen molar-refractivity contribution in [2.45, 2.75) is 32.3 Å². The SMILES string of the molecule is CCCNc1nc(NCC(O)C2CC2)nc(OC)n1. The average Bonchev–Trinajstić information content (AvgIpc) is 3.26. The highest BCUT2D eigenvalue weighted by Crippen LogP contribution is 2.32. The van der Waals surface area contributed by atoms with Crippen molar-refractivity contribution in [3.63, 3.8) is 0 Å². The van der Waals surface area contributed by atoms with Gasteiger partial charge in [-0.1, -0.05) is 6.92 Å². The van der Waals surface area contributed by atoms with Crippen LogP contribution in [-0.4, -0.2) is 46.4 Å². The Bertz CT molecular complexity index is 411. The van der Waals surface area contributed by atoms with Crippen molar-refractivity contribution in [1.82, 2.24) is 15.0 Å². The Balaban J connectivity index is 1.96. The van der Waals surface area contributed by atoms with Crippen molar-refractivity contribution in [2.75, 3.05) is 30.8 Å². The smallest absolute Gasteiger partial charge is 0.322 e. The first kappa shape index (κ1) is 13.8. The maximum atomic E-state index is 9.81. The van der Waals surface area contributed by atoms with Crippen LogP contribution in [0.4, 0.5) is 11.9 Å². The molecule has 0 spiro atoms. The second kappa shape index (κ2) is 6.51. The average molecular weight is 267 g/mol. The predicted octanol–water partition coefficient (Wildman–Crippen LogP) is 0.885. The van der Waals surface area contributed by atoms with E-state index in [1.54, 1.807) is 0 Å². The normalized spacial score (nSPS) is 15.9. The summed E-state index contributed by atoms with van der Waals surface area (Å²) in [5.41, 5.74) is 0. The summed E-state index contributed by atoms with van der Waals surface area (Å²) in [5.74, 6) is 1.33. The minimum atomic E-state index is -0.338. The van der Waals surface area contributed by atoms with Gasteiger partial charge >= 0.3 is 6.01 Å². The van der Waals surface area contributed by atoms with Gasteiger partial charge in [-0.15, -0.1) is 0 Å². The number of nitrogens with one attached hydrogen (secondary N) is 2. The van der Waals surface area contributed by atoms with Crippen LogP contribution < -0.4 is 15.4 Å². The zero-order valence-electron chi connectivity index (χ0n) is 11.4. The first-order chi connectivity index (χ1) is 9.22. The van der Waals surface area contributed by atoms with Gasteiger partial charge < -0.3 is 20.5 Å². The molecule has 7 heteroatoms. The van der Waals surface area contributed by atoms with Gasteiger partial charge in [0.05, 0.1) is 13.2 Å². The van der Waals surface area contributed by atoms with E-state index in [0.29, 0.717) is 24.4 Å². The molecule has 2 rings (SSSR count). The highest BCUT2D eigenvalue weighted by molar-refractivity contribution is 5.35. The summed E-state index contributed by atoms with van der Waals surface area (Å²) in [6.45, 7) is 3.30. The number of hydrogen-bond acceptors (Lipinski definition) is 7. The van der Waals surface area contributed by atoms with Gasteiger partial charge in [0.25, 0.3) is 0 Å². The molecule has 1 aliphatic rings. The highest BCUT2D eigenvalue weighted by Gasteiger charge is 2.29. The molecule has 1 saturated carbocycles. The van der Waals surface area contributed by atoms with Gasteiger partial charge in [-0.25, -0.2) is 0 Å². The molecule has 0 amide bonds. The van der Waals surface area contributed by atoms with E-state index < -0.39 is 0 Å². The first-order valence-electron chi connectivity index (χ1n) is 6.68. The van der Waals surface area contributed by atoms with Crippen LogP contribution in [0.2, 0.25) is 0 Å². The predicted molar refractivity (Wildman–Crippen MR) is 72.4 cm³/mol. The maximum Gasteiger partial charge on any atom is 0.322 e. The molecule has 7 nitrogen and oxygen atoms in total. The van der Waals surface area contributed by atoms with Crippen molar-refractivity contribution < 1.29 is 9.84 Å². The van der Waals surface area contributed by atoms with E-state index >= 15 is 0 Å². The third-order valence-electron chi connectivity index (χ3n) is 2.97. The Hall–Kier alpha value is -1.63. The molecule has 0 saturated heterocycles. The minimum absolute atomic E-state index is 0.261. The molecular formula is C12H21N5O2. The second-order valence-electron chi connectivity index (χ2n) is 4.68. The van der Waals surface area contributed by atoms with E-state index in [-0.39, 0.29) is 12.1 Å². The van der Waals surface area contributed by atoms with E-state index in [2.05, 4.69) is 32.5 Å². The fourth-order valence-electron chi connectivity index (χ4n) is 1.69. The first-order valence-corrected chi connectivity index (χ1v) is 6.68. The van der Waals surface area contributed by atoms with E-state index in [4.69, 9.17) is 4.74 Å². The van der Waals surface area contributed by atoms with Gasteiger partial charge in [0.15, 0.2) is 0 Å². The largest absolute Gasteiger partial charge is 0.467 e. The Morgan fingerprint density at radius 1 is 1.26 bits per heavy atom. The molecule has 19 heavy (non-hydrogen) atoms.